The van der Waals surface area contributed by atoms with Crippen molar-refractivity contribution in [3.8, 4) is 0 Å². The van der Waals surface area contributed by atoms with E-state index in [0.29, 0.717) is 16.1 Å². The third kappa shape index (κ3) is 5.76. The summed E-state index contributed by atoms with van der Waals surface area (Å²) in [5.74, 6) is -1.14. The number of aryl methyl sites for hydroxylation is 1. The van der Waals surface area contributed by atoms with Crippen molar-refractivity contribution >= 4 is 34.7 Å². The van der Waals surface area contributed by atoms with E-state index >= 15 is 0 Å². The van der Waals surface area contributed by atoms with Gasteiger partial charge in [0.2, 0.25) is 5.91 Å². The average molecular weight is 407 g/mol. The van der Waals surface area contributed by atoms with E-state index in [0.717, 1.165) is 4.88 Å². The molecule has 148 valence electrons. The van der Waals surface area contributed by atoms with Gasteiger partial charge >= 0.3 is 0 Å². The minimum atomic E-state index is -0.884. The van der Waals surface area contributed by atoms with Gasteiger partial charge in [-0.1, -0.05) is 48.5 Å². The number of hydrogen-bond donors (Lipinski definition) is 3. The molecular weight excluding hydrogens is 386 g/mol. The van der Waals surface area contributed by atoms with Gasteiger partial charge < -0.3 is 16.0 Å². The molecule has 0 saturated carbocycles. The van der Waals surface area contributed by atoms with E-state index < -0.39 is 11.9 Å². The quantitative estimate of drug-likeness (QED) is 0.562. The highest BCUT2D eigenvalue weighted by Crippen LogP contribution is 2.16. The number of hydrogen-bond acceptors (Lipinski definition) is 4. The van der Waals surface area contributed by atoms with Crippen LogP contribution in [0.25, 0.3) is 0 Å². The van der Waals surface area contributed by atoms with Crippen LogP contribution in [0.3, 0.4) is 0 Å². The lowest BCUT2D eigenvalue weighted by Crippen LogP contribution is -2.42. The Balaban J connectivity index is 1.65. The third-order valence-electron chi connectivity index (χ3n) is 4.12. The Kier molecular flexibility index (Phi) is 6.76. The van der Waals surface area contributed by atoms with Gasteiger partial charge in [0.15, 0.2) is 0 Å². The summed E-state index contributed by atoms with van der Waals surface area (Å²) in [7, 11) is 0. The molecule has 0 fully saturated rings. The Labute approximate surface area is 173 Å². The van der Waals surface area contributed by atoms with Gasteiger partial charge in [0.05, 0.1) is 11.4 Å². The third-order valence-corrected chi connectivity index (χ3v) is 5.11. The first-order valence-corrected chi connectivity index (χ1v) is 9.89. The minimum absolute atomic E-state index is 0.224. The summed E-state index contributed by atoms with van der Waals surface area (Å²) < 4.78 is 0. The van der Waals surface area contributed by atoms with Crippen LogP contribution in [-0.2, 0) is 9.59 Å². The predicted molar refractivity (Wildman–Crippen MR) is 114 cm³/mol. The molecule has 0 bridgehead atoms. The van der Waals surface area contributed by atoms with E-state index in [2.05, 4.69) is 16.0 Å². The SMILES string of the molecule is Cc1ccc(C(=O)NCC(=O)NC(C(=O)Nc2ccccc2)c2ccccc2)s1. The van der Waals surface area contributed by atoms with Crippen molar-refractivity contribution in [3.05, 3.63) is 88.1 Å². The van der Waals surface area contributed by atoms with Crippen molar-refractivity contribution in [1.82, 2.24) is 10.6 Å². The number of para-hydroxylation sites is 1. The normalized spacial score (nSPS) is 11.3. The monoisotopic (exact) mass is 407 g/mol. The van der Waals surface area contributed by atoms with Gasteiger partial charge in [0.25, 0.3) is 11.8 Å². The zero-order valence-electron chi connectivity index (χ0n) is 15.8. The first-order valence-electron chi connectivity index (χ1n) is 9.08. The fraction of sp³-hybridized carbons (Fsp3) is 0.136. The van der Waals surface area contributed by atoms with Gasteiger partial charge in [0, 0.05) is 10.6 Å². The Hall–Kier alpha value is -3.45. The molecule has 0 aliphatic rings. The van der Waals surface area contributed by atoms with Crippen molar-refractivity contribution in [2.75, 3.05) is 11.9 Å². The van der Waals surface area contributed by atoms with Gasteiger partial charge in [-0.05, 0) is 36.8 Å². The van der Waals surface area contributed by atoms with Crippen molar-refractivity contribution in [2.45, 2.75) is 13.0 Å². The summed E-state index contributed by atoms with van der Waals surface area (Å²) in [5, 5.41) is 8.09. The molecule has 3 aromatic rings. The van der Waals surface area contributed by atoms with Crippen LogP contribution in [0, 0.1) is 6.92 Å². The standard InChI is InChI=1S/C22H21N3O3S/c1-15-12-13-18(29-15)21(27)23-14-19(26)25-20(16-8-4-2-5-9-16)22(28)24-17-10-6-3-7-11-17/h2-13,20H,14H2,1H3,(H,23,27)(H,24,28)(H,25,26). The lowest BCUT2D eigenvalue weighted by molar-refractivity contribution is -0.126. The molecule has 7 heteroatoms. The first-order chi connectivity index (χ1) is 14.0. The summed E-state index contributed by atoms with van der Waals surface area (Å²) in [6, 6.07) is 20.7. The highest BCUT2D eigenvalue weighted by molar-refractivity contribution is 7.13. The smallest absolute Gasteiger partial charge is 0.261 e. The van der Waals surface area contributed by atoms with Gasteiger partial charge in [-0.25, -0.2) is 0 Å². The van der Waals surface area contributed by atoms with Crippen LogP contribution in [0.1, 0.15) is 26.2 Å². The van der Waals surface area contributed by atoms with Gasteiger partial charge in [0.1, 0.15) is 6.04 Å². The molecule has 2 aromatic carbocycles. The van der Waals surface area contributed by atoms with Gasteiger partial charge in [-0.15, -0.1) is 11.3 Å². The first kappa shape index (κ1) is 20.3. The molecule has 3 rings (SSSR count). The molecule has 0 aliphatic carbocycles. The van der Waals surface area contributed by atoms with E-state index in [1.807, 2.05) is 37.3 Å². The maximum atomic E-state index is 12.8. The molecule has 1 unspecified atom stereocenters. The molecule has 0 aliphatic heterocycles. The molecule has 6 nitrogen and oxygen atoms in total. The van der Waals surface area contributed by atoms with Crippen LogP contribution < -0.4 is 16.0 Å². The minimum Gasteiger partial charge on any atom is -0.342 e. The van der Waals surface area contributed by atoms with E-state index in [4.69, 9.17) is 0 Å². The fourth-order valence-corrected chi connectivity index (χ4v) is 3.48. The van der Waals surface area contributed by atoms with Crippen molar-refractivity contribution in [3.63, 3.8) is 0 Å². The van der Waals surface area contributed by atoms with Crippen molar-refractivity contribution < 1.29 is 14.4 Å². The molecular formula is C22H21N3O3S. The van der Waals surface area contributed by atoms with Gasteiger partial charge in [-0.2, -0.15) is 0 Å². The van der Waals surface area contributed by atoms with Crippen molar-refractivity contribution in [2.24, 2.45) is 0 Å². The molecule has 1 heterocycles. The van der Waals surface area contributed by atoms with Crippen LogP contribution in [0.2, 0.25) is 0 Å². The zero-order chi connectivity index (χ0) is 20.6. The number of amides is 3. The van der Waals surface area contributed by atoms with Crippen LogP contribution in [0.4, 0.5) is 5.69 Å². The Bertz CT molecular complexity index is 987. The summed E-state index contributed by atoms with van der Waals surface area (Å²) in [4.78, 5) is 38.9. The van der Waals surface area contributed by atoms with E-state index in [1.54, 1.807) is 42.5 Å². The highest BCUT2D eigenvalue weighted by Gasteiger charge is 2.23. The summed E-state index contributed by atoms with van der Waals surface area (Å²) in [5.41, 5.74) is 1.28. The average Bonchev–Trinajstić information content (AvgIpc) is 3.18. The molecule has 1 atom stereocenters. The Morgan fingerprint density at radius 2 is 1.55 bits per heavy atom. The number of carbonyl (C=O) groups is 3. The second-order valence-corrected chi connectivity index (χ2v) is 7.65. The summed E-state index contributed by atoms with van der Waals surface area (Å²) in [6.07, 6.45) is 0. The number of benzene rings is 2. The van der Waals surface area contributed by atoms with Crippen LogP contribution in [-0.4, -0.2) is 24.3 Å². The number of rotatable bonds is 7. The summed E-state index contributed by atoms with van der Waals surface area (Å²) in [6.45, 7) is 1.68. The molecule has 0 radical (unpaired) electrons. The fourth-order valence-electron chi connectivity index (χ4n) is 2.70. The molecule has 1 aromatic heterocycles. The molecule has 0 spiro atoms. The second kappa shape index (κ2) is 9.66. The van der Waals surface area contributed by atoms with E-state index in [9.17, 15) is 14.4 Å². The van der Waals surface area contributed by atoms with E-state index in [-0.39, 0.29) is 18.4 Å². The zero-order valence-corrected chi connectivity index (χ0v) is 16.7. The lowest BCUT2D eigenvalue weighted by Gasteiger charge is -2.19. The maximum Gasteiger partial charge on any atom is 0.261 e. The predicted octanol–water partition coefficient (Wildman–Crippen LogP) is 3.28. The van der Waals surface area contributed by atoms with Crippen LogP contribution >= 0.6 is 11.3 Å². The number of nitrogens with one attached hydrogen (secondary N) is 3. The number of carbonyl (C=O) groups excluding carboxylic acids is 3. The summed E-state index contributed by atoms with van der Waals surface area (Å²) >= 11 is 1.36. The number of anilines is 1. The second-order valence-electron chi connectivity index (χ2n) is 6.36. The van der Waals surface area contributed by atoms with Crippen molar-refractivity contribution in [1.29, 1.82) is 0 Å². The lowest BCUT2D eigenvalue weighted by atomic mass is 10.1. The highest BCUT2D eigenvalue weighted by atomic mass is 32.1. The Morgan fingerprint density at radius 3 is 2.17 bits per heavy atom. The van der Waals surface area contributed by atoms with Crippen LogP contribution in [0.15, 0.2) is 72.8 Å². The van der Waals surface area contributed by atoms with E-state index in [1.165, 1.54) is 11.3 Å². The largest absolute Gasteiger partial charge is 0.342 e. The topological polar surface area (TPSA) is 87.3 Å². The van der Waals surface area contributed by atoms with Crippen LogP contribution in [0.5, 0.6) is 0 Å². The Morgan fingerprint density at radius 1 is 0.897 bits per heavy atom. The van der Waals surface area contributed by atoms with Gasteiger partial charge in [-0.3, -0.25) is 14.4 Å². The number of thiophene rings is 1. The molecule has 3 N–H and O–H groups in total. The maximum absolute atomic E-state index is 12.8. The molecule has 3 amide bonds. The molecule has 29 heavy (non-hydrogen) atoms. The molecule has 0 saturated heterocycles.